The number of pyridine rings is 1. The van der Waals surface area contributed by atoms with Crippen LogP contribution in [0.4, 0.5) is 5.69 Å². The zero-order valence-corrected chi connectivity index (χ0v) is 15.2. The van der Waals surface area contributed by atoms with Gasteiger partial charge in [-0.05, 0) is 55.8 Å². The van der Waals surface area contributed by atoms with Crippen molar-refractivity contribution in [1.82, 2.24) is 9.55 Å². The van der Waals surface area contributed by atoms with Crippen molar-refractivity contribution in [3.05, 3.63) is 83.4 Å². The number of anilines is 1. The average molecular weight is 357 g/mol. The van der Waals surface area contributed by atoms with Crippen molar-refractivity contribution in [2.45, 2.75) is 20.3 Å². The summed E-state index contributed by atoms with van der Waals surface area (Å²) in [6.07, 6.45) is 5.49. The fourth-order valence-electron chi connectivity index (χ4n) is 3.53. The molecule has 0 spiro atoms. The van der Waals surface area contributed by atoms with Crippen LogP contribution in [0.25, 0.3) is 11.8 Å². The quantitative estimate of drug-likeness (QED) is 0.529. The summed E-state index contributed by atoms with van der Waals surface area (Å²) in [5.74, 6) is -0.448. The number of para-hydroxylation sites is 1. The van der Waals surface area contributed by atoms with Crippen LogP contribution in [0, 0.1) is 13.8 Å². The summed E-state index contributed by atoms with van der Waals surface area (Å²) < 4.78 is 2.09. The van der Waals surface area contributed by atoms with E-state index in [9.17, 15) is 9.59 Å². The minimum atomic E-state index is -0.252. The molecule has 1 fully saturated rings. The van der Waals surface area contributed by atoms with Crippen molar-refractivity contribution in [2.75, 3.05) is 4.90 Å². The molecule has 0 radical (unpaired) electrons. The second-order valence-electron chi connectivity index (χ2n) is 6.59. The van der Waals surface area contributed by atoms with Gasteiger partial charge in [0, 0.05) is 23.2 Å². The molecule has 3 heterocycles. The van der Waals surface area contributed by atoms with Crippen LogP contribution in [-0.4, -0.2) is 21.4 Å². The first-order chi connectivity index (χ1) is 13.1. The number of benzene rings is 1. The van der Waals surface area contributed by atoms with Crippen LogP contribution in [0.3, 0.4) is 0 Å². The highest BCUT2D eigenvalue weighted by molar-refractivity contribution is 6.29. The molecule has 1 aliphatic rings. The number of nitrogens with zero attached hydrogens (tertiary/aromatic N) is 3. The van der Waals surface area contributed by atoms with Gasteiger partial charge in [0.25, 0.3) is 5.91 Å². The van der Waals surface area contributed by atoms with Gasteiger partial charge < -0.3 is 4.57 Å². The average Bonchev–Trinajstić information content (AvgIpc) is 3.11. The molecule has 1 aromatic carbocycles. The van der Waals surface area contributed by atoms with Crippen molar-refractivity contribution >= 4 is 23.6 Å². The molecule has 134 valence electrons. The normalized spacial score (nSPS) is 15.8. The number of hydrogen-bond acceptors (Lipinski definition) is 3. The molecular formula is C22H19N3O2. The fraction of sp³-hybridized carbons (Fsp3) is 0.136. The summed E-state index contributed by atoms with van der Waals surface area (Å²) in [6.45, 7) is 4.02. The van der Waals surface area contributed by atoms with Crippen molar-refractivity contribution in [1.29, 1.82) is 0 Å². The fourth-order valence-corrected chi connectivity index (χ4v) is 3.53. The van der Waals surface area contributed by atoms with Crippen LogP contribution in [-0.2, 0) is 9.59 Å². The second-order valence-corrected chi connectivity index (χ2v) is 6.59. The third-order valence-corrected chi connectivity index (χ3v) is 4.79. The number of carbonyl (C=O) groups excluding carboxylic acids is 2. The monoisotopic (exact) mass is 357 g/mol. The zero-order chi connectivity index (χ0) is 19.0. The van der Waals surface area contributed by atoms with Gasteiger partial charge in [-0.3, -0.25) is 14.6 Å². The Bertz CT molecular complexity index is 1050. The van der Waals surface area contributed by atoms with E-state index in [1.165, 1.54) is 4.90 Å². The van der Waals surface area contributed by atoms with E-state index in [-0.39, 0.29) is 18.2 Å². The predicted octanol–water partition coefficient (Wildman–Crippen LogP) is 3.84. The summed E-state index contributed by atoms with van der Waals surface area (Å²) in [7, 11) is 0. The van der Waals surface area contributed by atoms with E-state index in [0.717, 1.165) is 22.6 Å². The number of carbonyl (C=O) groups is 2. The van der Waals surface area contributed by atoms with Crippen LogP contribution in [0.5, 0.6) is 0 Å². The number of imide groups is 1. The first kappa shape index (κ1) is 17.0. The molecule has 2 amide bonds. The smallest absolute Gasteiger partial charge is 0.261 e. The van der Waals surface area contributed by atoms with E-state index in [1.807, 2.05) is 56.3 Å². The van der Waals surface area contributed by atoms with Gasteiger partial charge in [0.15, 0.2) is 0 Å². The summed E-state index contributed by atoms with van der Waals surface area (Å²) in [4.78, 5) is 30.7. The van der Waals surface area contributed by atoms with E-state index in [4.69, 9.17) is 0 Å². The molecule has 3 aromatic rings. The van der Waals surface area contributed by atoms with Crippen molar-refractivity contribution < 1.29 is 9.59 Å². The summed E-state index contributed by atoms with van der Waals surface area (Å²) >= 11 is 0. The Morgan fingerprint density at radius 2 is 1.74 bits per heavy atom. The topological polar surface area (TPSA) is 55.2 Å². The maximum atomic E-state index is 12.8. The number of amides is 2. The minimum Gasteiger partial charge on any atom is -0.316 e. The van der Waals surface area contributed by atoms with Gasteiger partial charge in [-0.15, -0.1) is 0 Å². The van der Waals surface area contributed by atoms with Gasteiger partial charge in [0.2, 0.25) is 5.91 Å². The van der Waals surface area contributed by atoms with Crippen LogP contribution < -0.4 is 4.90 Å². The first-order valence-corrected chi connectivity index (χ1v) is 8.78. The first-order valence-electron chi connectivity index (χ1n) is 8.78. The molecule has 0 bridgehead atoms. The Morgan fingerprint density at radius 3 is 2.44 bits per heavy atom. The van der Waals surface area contributed by atoms with Gasteiger partial charge in [-0.25, -0.2) is 4.90 Å². The second kappa shape index (κ2) is 6.68. The molecule has 0 N–H and O–H groups in total. The molecular weight excluding hydrogens is 338 g/mol. The van der Waals surface area contributed by atoms with Crippen molar-refractivity contribution in [3.63, 3.8) is 0 Å². The van der Waals surface area contributed by atoms with Gasteiger partial charge in [-0.2, -0.15) is 0 Å². The van der Waals surface area contributed by atoms with Crippen molar-refractivity contribution in [2.24, 2.45) is 0 Å². The number of aryl methyl sites for hydroxylation is 1. The largest absolute Gasteiger partial charge is 0.316 e. The van der Waals surface area contributed by atoms with Gasteiger partial charge in [-0.1, -0.05) is 18.2 Å². The number of rotatable bonds is 3. The highest BCUT2D eigenvalue weighted by Crippen LogP contribution is 2.29. The summed E-state index contributed by atoms with van der Waals surface area (Å²) in [5.41, 5.74) is 5.07. The van der Waals surface area contributed by atoms with Crippen molar-refractivity contribution in [3.8, 4) is 5.69 Å². The Hall–Kier alpha value is -3.47. The Labute approximate surface area is 157 Å². The highest BCUT2D eigenvalue weighted by Gasteiger charge is 2.35. The molecule has 2 aromatic heterocycles. The van der Waals surface area contributed by atoms with E-state index >= 15 is 0 Å². The van der Waals surface area contributed by atoms with Crippen LogP contribution >= 0.6 is 0 Å². The third kappa shape index (κ3) is 2.97. The predicted molar refractivity (Wildman–Crippen MR) is 105 cm³/mol. The number of aromatic nitrogens is 2. The van der Waals surface area contributed by atoms with Crippen LogP contribution in [0.2, 0.25) is 0 Å². The molecule has 4 rings (SSSR count). The minimum absolute atomic E-state index is 0.115. The molecule has 0 unspecified atom stereocenters. The molecule has 5 heteroatoms. The van der Waals surface area contributed by atoms with Crippen LogP contribution in [0.15, 0.2) is 66.5 Å². The molecule has 1 aliphatic heterocycles. The standard InChI is InChI=1S/C22H19N3O2/c1-15-11-17(16(2)24(15)20-9-6-10-23-14-20)12-18-13-21(26)25(22(18)27)19-7-4-3-5-8-19/h3-12,14H,13H2,1-2H3/b18-12-. The molecule has 0 atom stereocenters. The van der Waals surface area contributed by atoms with E-state index in [0.29, 0.717) is 11.3 Å². The van der Waals surface area contributed by atoms with Gasteiger partial charge in [0.1, 0.15) is 0 Å². The maximum Gasteiger partial charge on any atom is 0.261 e. The van der Waals surface area contributed by atoms with Gasteiger partial charge in [0.05, 0.1) is 24.0 Å². The molecule has 0 saturated carbocycles. The third-order valence-electron chi connectivity index (χ3n) is 4.79. The lowest BCUT2D eigenvalue weighted by Gasteiger charge is -2.12. The zero-order valence-electron chi connectivity index (χ0n) is 15.2. The van der Waals surface area contributed by atoms with E-state index in [1.54, 1.807) is 24.5 Å². The summed E-state index contributed by atoms with van der Waals surface area (Å²) in [5, 5.41) is 0. The molecule has 5 nitrogen and oxygen atoms in total. The van der Waals surface area contributed by atoms with Gasteiger partial charge >= 0.3 is 0 Å². The van der Waals surface area contributed by atoms with E-state index < -0.39 is 0 Å². The Balaban J connectivity index is 1.71. The van der Waals surface area contributed by atoms with Crippen LogP contribution in [0.1, 0.15) is 23.4 Å². The Morgan fingerprint density at radius 1 is 1.00 bits per heavy atom. The summed E-state index contributed by atoms with van der Waals surface area (Å²) in [6, 6.07) is 14.9. The lowest BCUT2D eigenvalue weighted by Crippen LogP contribution is -2.28. The lowest BCUT2D eigenvalue weighted by molar-refractivity contribution is -0.120. The SMILES string of the molecule is Cc1cc(/C=C2/CC(=O)N(c3ccccc3)C2=O)c(C)n1-c1cccnc1. The molecule has 0 aliphatic carbocycles. The molecule has 1 saturated heterocycles. The lowest BCUT2D eigenvalue weighted by atomic mass is 10.1. The maximum absolute atomic E-state index is 12.8. The Kier molecular flexibility index (Phi) is 4.20. The highest BCUT2D eigenvalue weighted by atomic mass is 16.2. The molecule has 27 heavy (non-hydrogen) atoms. The van der Waals surface area contributed by atoms with E-state index in [2.05, 4.69) is 9.55 Å². The number of hydrogen-bond donors (Lipinski definition) is 0.